The molecule has 5 heteroatoms. The zero-order chi connectivity index (χ0) is 13.7. The third-order valence-electron chi connectivity index (χ3n) is 3.72. The number of aryl methyl sites for hydroxylation is 1. The fraction of sp³-hybridized carbons (Fsp3) is 0.133. The van der Waals surface area contributed by atoms with Gasteiger partial charge in [-0.1, -0.05) is 24.3 Å². The van der Waals surface area contributed by atoms with Crippen LogP contribution in [0, 0.1) is 6.92 Å². The Hall–Kier alpha value is -2.53. The third kappa shape index (κ3) is 1.22. The van der Waals surface area contributed by atoms with E-state index in [0.29, 0.717) is 11.5 Å². The predicted octanol–water partition coefficient (Wildman–Crippen LogP) is 1.57. The molecule has 4 rings (SSSR count). The van der Waals surface area contributed by atoms with Gasteiger partial charge in [0.25, 0.3) is 0 Å². The summed E-state index contributed by atoms with van der Waals surface area (Å²) in [5, 5.41) is 19.5. The molecule has 20 heavy (non-hydrogen) atoms. The Morgan fingerprint density at radius 3 is 2.65 bits per heavy atom. The van der Waals surface area contributed by atoms with Gasteiger partial charge in [0.15, 0.2) is 11.4 Å². The van der Waals surface area contributed by atoms with Crippen molar-refractivity contribution in [1.82, 2.24) is 19.7 Å². The van der Waals surface area contributed by atoms with E-state index >= 15 is 0 Å². The minimum absolute atomic E-state index is 0.495. The summed E-state index contributed by atoms with van der Waals surface area (Å²) in [7, 11) is 0. The molecule has 0 saturated heterocycles. The number of hydrogen-bond donors (Lipinski definition) is 1. The van der Waals surface area contributed by atoms with Gasteiger partial charge in [0.05, 0.1) is 11.4 Å². The normalized spacial score (nSPS) is 19.7. The first-order valence-corrected chi connectivity index (χ1v) is 6.39. The van der Waals surface area contributed by atoms with E-state index in [9.17, 15) is 5.11 Å². The van der Waals surface area contributed by atoms with Gasteiger partial charge in [-0.25, -0.2) is 0 Å². The van der Waals surface area contributed by atoms with Crippen molar-refractivity contribution < 1.29 is 5.11 Å². The van der Waals surface area contributed by atoms with Crippen molar-refractivity contribution in [3.63, 3.8) is 0 Å². The average molecular weight is 264 g/mol. The average Bonchev–Trinajstić information content (AvgIpc) is 3.00. The highest BCUT2D eigenvalue weighted by molar-refractivity contribution is 5.58. The monoisotopic (exact) mass is 264 g/mol. The molecular formula is C15H12N4O. The summed E-state index contributed by atoms with van der Waals surface area (Å²) in [6, 6.07) is 13.2. The van der Waals surface area contributed by atoms with Crippen LogP contribution in [-0.4, -0.2) is 24.9 Å². The van der Waals surface area contributed by atoms with E-state index < -0.39 is 5.60 Å². The molecule has 0 radical (unpaired) electrons. The molecule has 5 nitrogen and oxygen atoms in total. The maximum absolute atomic E-state index is 11.3. The van der Waals surface area contributed by atoms with Crippen LogP contribution in [0.25, 0.3) is 5.69 Å². The molecule has 1 N–H and O–H groups in total. The van der Waals surface area contributed by atoms with E-state index in [1.807, 2.05) is 47.9 Å². The number of rotatable bonds is 1. The number of fused-ring (bicyclic) bond motifs is 3. The van der Waals surface area contributed by atoms with Crippen LogP contribution in [0.15, 0.2) is 48.7 Å². The highest BCUT2D eigenvalue weighted by Crippen LogP contribution is 2.44. The Morgan fingerprint density at radius 1 is 1.05 bits per heavy atom. The van der Waals surface area contributed by atoms with E-state index in [0.717, 1.165) is 17.1 Å². The number of pyridine rings is 1. The van der Waals surface area contributed by atoms with E-state index in [4.69, 9.17) is 0 Å². The Kier molecular flexibility index (Phi) is 2.11. The second-order valence-corrected chi connectivity index (χ2v) is 4.85. The molecule has 1 aliphatic rings. The number of hydrogen-bond acceptors (Lipinski definition) is 4. The minimum Gasteiger partial charge on any atom is -0.372 e. The molecule has 1 atom stereocenters. The minimum atomic E-state index is -1.35. The van der Waals surface area contributed by atoms with Crippen molar-refractivity contribution in [3.8, 4) is 5.69 Å². The number of para-hydroxylation sites is 1. The first-order valence-electron chi connectivity index (χ1n) is 6.39. The fourth-order valence-electron chi connectivity index (χ4n) is 2.81. The fourth-order valence-corrected chi connectivity index (χ4v) is 2.81. The van der Waals surface area contributed by atoms with Crippen LogP contribution in [0.1, 0.15) is 22.9 Å². The first kappa shape index (κ1) is 11.3. The second kappa shape index (κ2) is 3.74. The second-order valence-electron chi connectivity index (χ2n) is 4.85. The van der Waals surface area contributed by atoms with Crippen LogP contribution in [0.5, 0.6) is 0 Å². The quantitative estimate of drug-likeness (QED) is 0.724. The van der Waals surface area contributed by atoms with E-state index in [-0.39, 0.29) is 0 Å². The molecular weight excluding hydrogens is 252 g/mol. The van der Waals surface area contributed by atoms with Gasteiger partial charge in [0.2, 0.25) is 0 Å². The maximum atomic E-state index is 11.3. The van der Waals surface area contributed by atoms with Crippen LogP contribution >= 0.6 is 0 Å². The molecule has 0 bridgehead atoms. The van der Waals surface area contributed by atoms with Crippen molar-refractivity contribution >= 4 is 0 Å². The van der Waals surface area contributed by atoms with Gasteiger partial charge >= 0.3 is 0 Å². The number of benzene rings is 1. The summed E-state index contributed by atoms with van der Waals surface area (Å²) in [6.45, 7) is 1.87. The Morgan fingerprint density at radius 2 is 1.85 bits per heavy atom. The molecule has 1 unspecified atom stereocenters. The van der Waals surface area contributed by atoms with E-state index in [2.05, 4.69) is 15.2 Å². The zero-order valence-electron chi connectivity index (χ0n) is 10.9. The lowest BCUT2D eigenvalue weighted by atomic mass is 9.91. The maximum Gasteiger partial charge on any atom is 0.194 e. The molecule has 1 aliphatic heterocycles. The van der Waals surface area contributed by atoms with Gasteiger partial charge in [-0.2, -0.15) is 0 Å². The molecule has 98 valence electrons. The van der Waals surface area contributed by atoms with Crippen molar-refractivity contribution in [1.29, 1.82) is 0 Å². The lowest BCUT2D eigenvalue weighted by Gasteiger charge is -2.21. The van der Waals surface area contributed by atoms with Gasteiger partial charge in [0.1, 0.15) is 5.82 Å². The zero-order valence-corrected chi connectivity index (χ0v) is 10.9. The molecule has 3 heterocycles. The lowest BCUT2D eigenvalue weighted by molar-refractivity contribution is 0.117. The van der Waals surface area contributed by atoms with Gasteiger partial charge in [-0.05, 0) is 25.1 Å². The van der Waals surface area contributed by atoms with Crippen molar-refractivity contribution in [2.24, 2.45) is 0 Å². The number of aliphatic hydroxyl groups is 1. The van der Waals surface area contributed by atoms with E-state index in [1.165, 1.54) is 0 Å². The number of nitrogens with zero attached hydrogens (tertiary/aromatic N) is 4. The predicted molar refractivity (Wildman–Crippen MR) is 72.4 cm³/mol. The van der Waals surface area contributed by atoms with Gasteiger partial charge in [-0.3, -0.25) is 9.55 Å². The van der Waals surface area contributed by atoms with Crippen LogP contribution in [0.4, 0.5) is 0 Å². The summed E-state index contributed by atoms with van der Waals surface area (Å²) in [4.78, 5) is 4.31. The van der Waals surface area contributed by atoms with Crippen LogP contribution in [-0.2, 0) is 5.60 Å². The molecule has 0 fully saturated rings. The molecule has 0 saturated carbocycles. The van der Waals surface area contributed by atoms with E-state index in [1.54, 1.807) is 12.3 Å². The van der Waals surface area contributed by atoms with Crippen molar-refractivity contribution in [3.05, 3.63) is 71.6 Å². The van der Waals surface area contributed by atoms with Crippen LogP contribution < -0.4 is 0 Å². The number of aromatic nitrogens is 4. The highest BCUT2D eigenvalue weighted by atomic mass is 16.3. The van der Waals surface area contributed by atoms with Crippen molar-refractivity contribution in [2.75, 3.05) is 0 Å². The smallest absolute Gasteiger partial charge is 0.194 e. The Labute approximate surface area is 115 Å². The van der Waals surface area contributed by atoms with Crippen LogP contribution in [0.2, 0.25) is 0 Å². The molecule has 1 aromatic carbocycles. The highest BCUT2D eigenvalue weighted by Gasteiger charge is 2.47. The molecule has 0 amide bonds. The van der Waals surface area contributed by atoms with Gasteiger partial charge in [0, 0.05) is 11.8 Å². The summed E-state index contributed by atoms with van der Waals surface area (Å²) < 4.78 is 1.88. The standard InChI is InChI=1S/C15H12N4O/c1-10-17-18-14-15(20,13-8-4-5-9-16-13)11-6-2-3-7-12(11)19(10)14/h2-9,20H,1H3. The molecule has 0 aliphatic carbocycles. The summed E-state index contributed by atoms with van der Waals surface area (Å²) in [6.07, 6.45) is 1.67. The Bertz CT molecular complexity index is 797. The molecule has 2 aromatic heterocycles. The molecule has 3 aromatic rings. The molecule has 0 spiro atoms. The van der Waals surface area contributed by atoms with Crippen LogP contribution in [0.3, 0.4) is 0 Å². The summed E-state index contributed by atoms with van der Waals surface area (Å²) in [5.74, 6) is 1.24. The first-order chi connectivity index (χ1) is 9.73. The SMILES string of the molecule is Cc1nnc2n1-c1ccccc1C2(O)c1ccccn1. The van der Waals surface area contributed by atoms with Gasteiger partial charge in [-0.15, -0.1) is 10.2 Å². The third-order valence-corrected chi connectivity index (χ3v) is 3.72. The Balaban J connectivity index is 2.11. The van der Waals surface area contributed by atoms with Crippen molar-refractivity contribution in [2.45, 2.75) is 12.5 Å². The topological polar surface area (TPSA) is 63.8 Å². The summed E-state index contributed by atoms with van der Waals surface area (Å²) >= 11 is 0. The largest absolute Gasteiger partial charge is 0.372 e. The summed E-state index contributed by atoms with van der Waals surface area (Å²) in [5.41, 5.74) is 0.891. The lowest BCUT2D eigenvalue weighted by Crippen LogP contribution is -2.28. The van der Waals surface area contributed by atoms with Gasteiger partial charge < -0.3 is 5.11 Å².